The van der Waals surface area contributed by atoms with Gasteiger partial charge in [-0.1, -0.05) is 6.07 Å². The number of benzene rings is 1. The minimum Gasteiger partial charge on any atom is -0.368 e. The van der Waals surface area contributed by atoms with Gasteiger partial charge in [-0.05, 0) is 50.5 Å². The Bertz CT molecular complexity index is 657. The van der Waals surface area contributed by atoms with Gasteiger partial charge in [0.25, 0.3) is 5.91 Å². The van der Waals surface area contributed by atoms with Crippen molar-refractivity contribution in [2.75, 3.05) is 32.6 Å². The number of likely N-dealkylation sites (N-methyl/N-ethyl adjacent to an activating group) is 1. The van der Waals surface area contributed by atoms with Crippen molar-refractivity contribution in [2.45, 2.75) is 25.5 Å². The third-order valence-electron chi connectivity index (χ3n) is 4.05. The predicted molar refractivity (Wildman–Crippen MR) is 88.1 cm³/mol. The smallest absolute Gasteiger partial charge is 0.253 e. The minimum absolute atomic E-state index is 0.0387. The lowest BCUT2D eigenvalue weighted by atomic mass is 10.2. The molecule has 2 aromatic rings. The van der Waals surface area contributed by atoms with Gasteiger partial charge in [-0.15, -0.1) is 0 Å². The monoisotopic (exact) mass is 301 g/mol. The Hall–Kier alpha value is -1.85. The molecular formula is C17H23N3O2. The van der Waals surface area contributed by atoms with Gasteiger partial charge in [0, 0.05) is 31.6 Å². The van der Waals surface area contributed by atoms with Gasteiger partial charge in [0.05, 0.1) is 5.52 Å². The highest BCUT2D eigenvalue weighted by atomic mass is 16.5. The first-order chi connectivity index (χ1) is 10.6. The van der Waals surface area contributed by atoms with E-state index in [9.17, 15) is 4.79 Å². The van der Waals surface area contributed by atoms with Gasteiger partial charge in [0.2, 0.25) is 0 Å². The number of aromatic nitrogens is 1. The van der Waals surface area contributed by atoms with E-state index in [0.717, 1.165) is 37.1 Å². The molecule has 1 N–H and O–H groups in total. The normalized spacial score (nSPS) is 18.2. The molecule has 0 unspecified atom stereocenters. The largest absolute Gasteiger partial charge is 0.368 e. The van der Waals surface area contributed by atoms with Crippen LogP contribution in [0.5, 0.6) is 0 Å². The molecule has 1 aromatic carbocycles. The Morgan fingerprint density at radius 1 is 1.41 bits per heavy atom. The van der Waals surface area contributed by atoms with E-state index in [4.69, 9.17) is 4.74 Å². The molecule has 0 radical (unpaired) electrons. The van der Waals surface area contributed by atoms with E-state index in [-0.39, 0.29) is 12.0 Å². The van der Waals surface area contributed by atoms with Gasteiger partial charge >= 0.3 is 0 Å². The van der Waals surface area contributed by atoms with E-state index in [1.807, 2.05) is 18.2 Å². The SMILES string of the molecule is CN(C)CCn1ccc2ccc(NC(=O)[C@@H]3CCCO3)cc21. The average molecular weight is 301 g/mol. The Morgan fingerprint density at radius 2 is 2.27 bits per heavy atom. The van der Waals surface area contributed by atoms with E-state index < -0.39 is 0 Å². The molecule has 3 rings (SSSR count). The van der Waals surface area contributed by atoms with Crippen LogP contribution in [0.4, 0.5) is 5.69 Å². The van der Waals surface area contributed by atoms with Gasteiger partial charge in [0.15, 0.2) is 0 Å². The number of carbonyl (C=O) groups is 1. The zero-order valence-corrected chi connectivity index (χ0v) is 13.2. The van der Waals surface area contributed by atoms with Crippen LogP contribution in [-0.2, 0) is 16.1 Å². The molecule has 1 atom stereocenters. The van der Waals surface area contributed by atoms with Crippen LogP contribution in [0, 0.1) is 0 Å². The second-order valence-corrected chi connectivity index (χ2v) is 6.08. The molecular weight excluding hydrogens is 278 g/mol. The van der Waals surface area contributed by atoms with Crippen molar-refractivity contribution in [1.82, 2.24) is 9.47 Å². The summed E-state index contributed by atoms with van der Waals surface area (Å²) in [7, 11) is 4.14. The summed E-state index contributed by atoms with van der Waals surface area (Å²) >= 11 is 0. The van der Waals surface area contributed by atoms with Crippen molar-refractivity contribution in [3.63, 3.8) is 0 Å². The second-order valence-electron chi connectivity index (χ2n) is 6.08. The predicted octanol–water partition coefficient (Wildman–Crippen LogP) is 2.32. The van der Waals surface area contributed by atoms with Gasteiger partial charge in [-0.3, -0.25) is 4.79 Å². The number of rotatable bonds is 5. The van der Waals surface area contributed by atoms with Crippen molar-refractivity contribution in [2.24, 2.45) is 0 Å². The molecule has 22 heavy (non-hydrogen) atoms. The molecule has 2 heterocycles. The van der Waals surface area contributed by atoms with Crippen LogP contribution in [0.3, 0.4) is 0 Å². The highest BCUT2D eigenvalue weighted by Gasteiger charge is 2.23. The number of anilines is 1. The molecule has 0 bridgehead atoms. The number of hydrogen-bond donors (Lipinski definition) is 1. The molecule has 1 fully saturated rings. The average Bonchev–Trinajstić information content (AvgIpc) is 3.14. The van der Waals surface area contributed by atoms with Crippen LogP contribution in [0.1, 0.15) is 12.8 Å². The van der Waals surface area contributed by atoms with Gasteiger partial charge in [-0.2, -0.15) is 0 Å². The molecule has 1 aliphatic rings. The molecule has 5 heteroatoms. The molecule has 5 nitrogen and oxygen atoms in total. The number of nitrogens with one attached hydrogen (secondary N) is 1. The first-order valence-corrected chi connectivity index (χ1v) is 7.79. The third kappa shape index (κ3) is 3.31. The number of hydrogen-bond acceptors (Lipinski definition) is 3. The summed E-state index contributed by atoms with van der Waals surface area (Å²) in [5.41, 5.74) is 1.98. The molecule has 0 spiro atoms. The molecule has 1 amide bonds. The number of ether oxygens (including phenoxy) is 1. The fourth-order valence-electron chi connectivity index (χ4n) is 2.77. The Morgan fingerprint density at radius 3 is 3.00 bits per heavy atom. The highest BCUT2D eigenvalue weighted by molar-refractivity contribution is 5.96. The van der Waals surface area contributed by atoms with Crippen LogP contribution in [0.25, 0.3) is 10.9 Å². The van der Waals surface area contributed by atoms with Crippen LogP contribution in [0.2, 0.25) is 0 Å². The minimum atomic E-state index is -0.295. The van der Waals surface area contributed by atoms with Crippen molar-refractivity contribution in [3.05, 3.63) is 30.5 Å². The Labute approximate surface area is 130 Å². The zero-order valence-electron chi connectivity index (χ0n) is 13.2. The fourth-order valence-corrected chi connectivity index (χ4v) is 2.77. The van der Waals surface area contributed by atoms with E-state index in [1.54, 1.807) is 0 Å². The fraction of sp³-hybridized carbons (Fsp3) is 0.471. The molecule has 0 saturated carbocycles. The maximum absolute atomic E-state index is 12.1. The van der Waals surface area contributed by atoms with E-state index in [0.29, 0.717) is 6.61 Å². The van der Waals surface area contributed by atoms with Crippen LogP contribution < -0.4 is 5.32 Å². The summed E-state index contributed by atoms with van der Waals surface area (Å²) in [5.74, 6) is -0.0387. The molecule has 0 aliphatic carbocycles. The van der Waals surface area contributed by atoms with Gasteiger partial charge in [-0.25, -0.2) is 0 Å². The van der Waals surface area contributed by atoms with Crippen molar-refractivity contribution < 1.29 is 9.53 Å². The third-order valence-corrected chi connectivity index (χ3v) is 4.05. The molecule has 1 aliphatic heterocycles. The molecule has 118 valence electrons. The van der Waals surface area contributed by atoms with Crippen LogP contribution >= 0.6 is 0 Å². The summed E-state index contributed by atoms with van der Waals surface area (Å²) in [6, 6.07) is 8.15. The Balaban J connectivity index is 1.76. The summed E-state index contributed by atoms with van der Waals surface area (Å²) in [6.45, 7) is 2.60. The summed E-state index contributed by atoms with van der Waals surface area (Å²) in [4.78, 5) is 14.3. The first kappa shape index (κ1) is 15.1. The van der Waals surface area contributed by atoms with Gasteiger partial charge < -0.3 is 19.5 Å². The van der Waals surface area contributed by atoms with Gasteiger partial charge in [0.1, 0.15) is 6.10 Å². The standard InChI is InChI=1S/C17H23N3O2/c1-19(2)9-10-20-8-7-13-5-6-14(12-15(13)20)18-17(21)16-4-3-11-22-16/h5-8,12,16H,3-4,9-11H2,1-2H3,(H,18,21)/t16-/m0/s1. The van der Waals surface area contributed by atoms with Crippen LogP contribution in [-0.4, -0.2) is 48.7 Å². The van der Waals surface area contributed by atoms with E-state index >= 15 is 0 Å². The van der Waals surface area contributed by atoms with Crippen molar-refractivity contribution in [1.29, 1.82) is 0 Å². The number of amides is 1. The highest BCUT2D eigenvalue weighted by Crippen LogP contribution is 2.22. The number of nitrogens with zero attached hydrogens (tertiary/aromatic N) is 2. The van der Waals surface area contributed by atoms with Crippen molar-refractivity contribution >= 4 is 22.5 Å². The lowest BCUT2D eigenvalue weighted by Gasteiger charge is -2.13. The number of fused-ring (bicyclic) bond motifs is 1. The van der Waals surface area contributed by atoms with E-state index in [1.165, 1.54) is 5.39 Å². The summed E-state index contributed by atoms with van der Waals surface area (Å²) in [5, 5.41) is 4.16. The number of carbonyl (C=O) groups excluding carboxylic acids is 1. The summed E-state index contributed by atoms with van der Waals surface area (Å²) in [6.07, 6.45) is 3.58. The Kier molecular flexibility index (Phi) is 4.45. The quantitative estimate of drug-likeness (QED) is 0.922. The topological polar surface area (TPSA) is 46.5 Å². The lowest BCUT2D eigenvalue weighted by Crippen LogP contribution is -2.26. The van der Waals surface area contributed by atoms with E-state index in [2.05, 4.69) is 41.1 Å². The van der Waals surface area contributed by atoms with Crippen LogP contribution in [0.15, 0.2) is 30.5 Å². The lowest BCUT2D eigenvalue weighted by molar-refractivity contribution is -0.124. The maximum atomic E-state index is 12.1. The first-order valence-electron chi connectivity index (χ1n) is 7.79. The molecule has 1 saturated heterocycles. The zero-order chi connectivity index (χ0) is 15.5. The van der Waals surface area contributed by atoms with Crippen molar-refractivity contribution in [3.8, 4) is 0 Å². The molecule has 1 aromatic heterocycles. The summed E-state index contributed by atoms with van der Waals surface area (Å²) < 4.78 is 7.64. The second kappa shape index (κ2) is 6.50. The maximum Gasteiger partial charge on any atom is 0.253 e.